The molecule has 5 nitrogen and oxygen atoms in total. The van der Waals surface area contributed by atoms with Crippen LogP contribution in [0.25, 0.3) is 0 Å². The van der Waals surface area contributed by atoms with Crippen LogP contribution in [0.2, 0.25) is 37.3 Å². The smallest absolute Gasteiger partial charge is 0.304 e. The first-order valence-corrected chi connectivity index (χ1v) is 15.0. The lowest BCUT2D eigenvalue weighted by molar-refractivity contribution is -0.193. The monoisotopic (exact) mass is 385 g/mol. The Morgan fingerprint density at radius 2 is 1.84 bits per heavy atom. The van der Waals surface area contributed by atoms with E-state index in [0.717, 1.165) is 6.04 Å². The van der Waals surface area contributed by atoms with E-state index in [2.05, 4.69) is 53.5 Å². The number of hydrogen-bond donors (Lipinski definition) is 0. The highest BCUT2D eigenvalue weighted by Gasteiger charge is 2.58. The third kappa shape index (κ3) is 4.62. The van der Waals surface area contributed by atoms with Gasteiger partial charge in [-0.2, -0.15) is 0 Å². The van der Waals surface area contributed by atoms with E-state index < -0.39 is 28.7 Å². The Bertz CT molecular complexity index is 540. The lowest BCUT2D eigenvalue weighted by atomic mass is 9.93. The summed E-state index contributed by atoms with van der Waals surface area (Å²) in [5, 5.41) is 0.0571. The van der Waals surface area contributed by atoms with Crippen molar-refractivity contribution in [3.05, 3.63) is 12.7 Å². The van der Waals surface area contributed by atoms with Crippen LogP contribution in [0.4, 0.5) is 0 Å². The summed E-state index contributed by atoms with van der Waals surface area (Å²) in [6.07, 6.45) is 1.04. The van der Waals surface area contributed by atoms with Gasteiger partial charge in [0.1, 0.15) is 5.92 Å². The van der Waals surface area contributed by atoms with Gasteiger partial charge in [0.25, 0.3) is 0 Å². The lowest BCUT2D eigenvalue weighted by Gasteiger charge is -2.55. The molecule has 0 saturated carbocycles. The van der Waals surface area contributed by atoms with Crippen LogP contribution < -0.4 is 0 Å². The molecule has 7 heteroatoms. The number of ether oxygens (including phenoxy) is 1. The highest BCUT2D eigenvalue weighted by Crippen LogP contribution is 2.42. The Balaban J connectivity index is 3.04. The lowest BCUT2D eigenvalue weighted by Crippen LogP contribution is -2.73. The van der Waals surface area contributed by atoms with Crippen LogP contribution >= 0.6 is 0 Å². The van der Waals surface area contributed by atoms with Crippen molar-refractivity contribution in [3.8, 4) is 0 Å². The van der Waals surface area contributed by atoms with Gasteiger partial charge in [-0.3, -0.25) is 9.59 Å². The van der Waals surface area contributed by atoms with Crippen LogP contribution in [0.5, 0.6) is 0 Å². The predicted octanol–water partition coefficient (Wildman–Crippen LogP) is 4.14. The zero-order chi connectivity index (χ0) is 19.8. The van der Waals surface area contributed by atoms with E-state index in [4.69, 9.17) is 9.16 Å². The number of esters is 1. The molecular formula is C18H35NO4Si2. The van der Waals surface area contributed by atoms with Gasteiger partial charge in [-0.25, -0.2) is 0 Å². The fourth-order valence-electron chi connectivity index (χ4n) is 3.02. The van der Waals surface area contributed by atoms with E-state index in [1.807, 2.05) is 13.0 Å². The number of carbonyl (C=O) groups excluding carboxylic acids is 2. The largest absolute Gasteiger partial charge is 0.441 e. The highest BCUT2D eigenvalue weighted by atomic mass is 28.4. The molecule has 1 rings (SSSR count). The molecule has 1 aliphatic heterocycles. The van der Waals surface area contributed by atoms with Crippen LogP contribution in [0, 0.1) is 5.92 Å². The average Bonchev–Trinajstić information content (AvgIpc) is 2.34. The van der Waals surface area contributed by atoms with E-state index >= 15 is 0 Å². The maximum absolute atomic E-state index is 12.9. The molecule has 0 radical (unpaired) electrons. The molecule has 3 unspecified atom stereocenters. The molecule has 25 heavy (non-hydrogen) atoms. The first-order chi connectivity index (χ1) is 11.2. The first-order valence-electron chi connectivity index (χ1n) is 8.95. The van der Waals surface area contributed by atoms with Gasteiger partial charge in [-0.15, -0.1) is 6.58 Å². The van der Waals surface area contributed by atoms with Crippen molar-refractivity contribution in [2.45, 2.75) is 84.2 Å². The molecule has 1 fully saturated rings. The predicted molar refractivity (Wildman–Crippen MR) is 106 cm³/mol. The fraction of sp³-hybridized carbons (Fsp3) is 0.778. The molecule has 0 N–H and O–H groups in total. The number of β-lactam (4-membered cyclic amide) rings is 1. The number of hydrogen-bond acceptors (Lipinski definition) is 4. The van der Waals surface area contributed by atoms with Gasteiger partial charge >= 0.3 is 5.97 Å². The Labute approximate surface area is 155 Å². The minimum absolute atomic E-state index is 0.0379. The van der Waals surface area contributed by atoms with Crippen molar-refractivity contribution in [2.75, 3.05) is 0 Å². The molecular weight excluding hydrogens is 350 g/mol. The maximum Gasteiger partial charge on any atom is 0.304 e. The summed E-state index contributed by atoms with van der Waals surface area (Å²) in [5.74, 6) is -0.749. The summed E-state index contributed by atoms with van der Waals surface area (Å²) in [5.41, 5.74) is 0. The summed E-state index contributed by atoms with van der Waals surface area (Å²) < 4.78 is 13.7. The minimum Gasteiger partial charge on any atom is -0.441 e. The second-order valence-electron chi connectivity index (χ2n) is 9.12. The zero-order valence-corrected chi connectivity index (χ0v) is 19.3. The van der Waals surface area contributed by atoms with Crippen molar-refractivity contribution < 1.29 is 18.8 Å². The summed E-state index contributed by atoms with van der Waals surface area (Å²) in [7, 11) is -4.06. The number of amides is 1. The molecule has 1 amide bonds. The first kappa shape index (κ1) is 22.1. The summed E-state index contributed by atoms with van der Waals surface area (Å²) in [6.45, 7) is 22.2. The van der Waals surface area contributed by atoms with Crippen LogP contribution in [0.3, 0.4) is 0 Å². The van der Waals surface area contributed by atoms with Gasteiger partial charge in [0.05, 0.1) is 6.10 Å². The quantitative estimate of drug-likeness (QED) is 0.286. The van der Waals surface area contributed by atoms with Gasteiger partial charge < -0.3 is 13.7 Å². The normalized spacial score (nSPS) is 23.1. The van der Waals surface area contributed by atoms with Crippen LogP contribution in [-0.4, -0.2) is 45.3 Å². The summed E-state index contributed by atoms with van der Waals surface area (Å²) in [6, 6.07) is 0.765. The standard InChI is InChI=1S/C18H35NO4Si2/c1-11-12-24(7,8)19-16(21)15(17(19)22-14(3)20)13(2)23-25(9,10)18(4,5)6/h11,13,15,17H,1,12H2,2-10H3. The Hall–Kier alpha value is -0.926. The Morgan fingerprint density at radius 1 is 1.32 bits per heavy atom. The average molecular weight is 386 g/mol. The fourth-order valence-corrected chi connectivity index (χ4v) is 7.00. The van der Waals surface area contributed by atoms with E-state index in [9.17, 15) is 9.59 Å². The molecule has 3 atom stereocenters. The van der Waals surface area contributed by atoms with Crippen molar-refractivity contribution in [1.29, 1.82) is 0 Å². The topological polar surface area (TPSA) is 55.8 Å². The molecule has 0 spiro atoms. The second kappa shape index (κ2) is 7.36. The van der Waals surface area contributed by atoms with E-state index in [0.29, 0.717) is 0 Å². The van der Waals surface area contributed by atoms with Gasteiger partial charge in [0, 0.05) is 6.92 Å². The molecule has 0 bridgehead atoms. The van der Waals surface area contributed by atoms with Crippen molar-refractivity contribution in [2.24, 2.45) is 5.92 Å². The van der Waals surface area contributed by atoms with Gasteiger partial charge in [-0.1, -0.05) is 39.9 Å². The molecule has 0 aromatic rings. The van der Waals surface area contributed by atoms with E-state index in [1.165, 1.54) is 6.92 Å². The van der Waals surface area contributed by atoms with Gasteiger partial charge in [0.15, 0.2) is 22.8 Å². The molecule has 0 aromatic carbocycles. The molecule has 1 heterocycles. The number of rotatable bonds is 7. The van der Waals surface area contributed by atoms with Crippen molar-refractivity contribution >= 4 is 28.4 Å². The maximum atomic E-state index is 12.9. The van der Waals surface area contributed by atoms with E-state index in [-0.39, 0.29) is 23.0 Å². The third-order valence-corrected chi connectivity index (χ3v) is 13.1. The van der Waals surface area contributed by atoms with Crippen molar-refractivity contribution in [1.82, 2.24) is 4.57 Å². The van der Waals surface area contributed by atoms with E-state index in [1.54, 1.807) is 4.57 Å². The zero-order valence-electron chi connectivity index (χ0n) is 17.3. The molecule has 1 saturated heterocycles. The minimum atomic E-state index is -2.05. The molecule has 1 aliphatic rings. The van der Waals surface area contributed by atoms with Crippen LogP contribution in [0.15, 0.2) is 12.7 Å². The molecule has 144 valence electrons. The Kier molecular flexibility index (Phi) is 6.51. The molecule has 0 aliphatic carbocycles. The van der Waals surface area contributed by atoms with Crippen LogP contribution in [-0.2, 0) is 18.8 Å². The van der Waals surface area contributed by atoms with Gasteiger partial charge in [0.2, 0.25) is 5.91 Å². The number of allylic oxidation sites excluding steroid dienone is 1. The number of carbonyl (C=O) groups is 2. The van der Waals surface area contributed by atoms with Crippen molar-refractivity contribution in [3.63, 3.8) is 0 Å². The molecule has 0 aromatic heterocycles. The SMILES string of the molecule is C=CC[Si](C)(C)N1C(=O)C(C(C)O[Si](C)(C)C(C)(C)C)C1OC(C)=O. The second-order valence-corrected chi connectivity index (χ2v) is 18.4. The number of nitrogens with zero attached hydrogens (tertiary/aromatic N) is 1. The highest BCUT2D eigenvalue weighted by molar-refractivity contribution is 6.77. The summed E-state index contributed by atoms with van der Waals surface area (Å²) in [4.78, 5) is 24.5. The van der Waals surface area contributed by atoms with Gasteiger partial charge in [-0.05, 0) is 31.1 Å². The summed E-state index contributed by atoms with van der Waals surface area (Å²) >= 11 is 0. The Morgan fingerprint density at radius 3 is 2.24 bits per heavy atom. The van der Waals surface area contributed by atoms with Crippen LogP contribution in [0.1, 0.15) is 34.6 Å². The third-order valence-electron chi connectivity index (χ3n) is 5.46.